The molecular formula is C35H47N10OPS. The van der Waals surface area contributed by atoms with Gasteiger partial charge in [0.25, 0.3) is 0 Å². The molecule has 0 amide bonds. The summed E-state index contributed by atoms with van der Waals surface area (Å²) < 4.78 is 8.16. The Hall–Kier alpha value is -3.44. The smallest absolute Gasteiger partial charge is 0.229 e. The second kappa shape index (κ2) is 14.6. The summed E-state index contributed by atoms with van der Waals surface area (Å²) in [6, 6.07) is 9.13. The predicted octanol–water partition coefficient (Wildman–Crippen LogP) is 5.44. The third-order valence-corrected chi connectivity index (χ3v) is 11.4. The molecule has 0 spiro atoms. The lowest BCUT2D eigenvalue weighted by Crippen LogP contribution is -2.52. The zero-order chi connectivity index (χ0) is 33.2. The first kappa shape index (κ1) is 33.1. The number of anilines is 6. The second-order valence-corrected chi connectivity index (χ2v) is 15.1. The van der Waals surface area contributed by atoms with Crippen LogP contribution in [0.1, 0.15) is 38.2 Å². The van der Waals surface area contributed by atoms with Gasteiger partial charge >= 0.3 is 0 Å². The number of ether oxygens (including phenoxy) is 1. The molecule has 3 aliphatic rings. The van der Waals surface area contributed by atoms with Crippen molar-refractivity contribution in [3.8, 4) is 5.75 Å². The number of hydrogen-bond acceptors (Lipinski definition) is 12. The number of likely N-dealkylation sites (N-methyl/N-ethyl adjacent to an activating group) is 1. The summed E-state index contributed by atoms with van der Waals surface area (Å²) in [6.45, 7) is 9.04. The summed E-state index contributed by atoms with van der Waals surface area (Å²) in [6.07, 6.45) is 11.1. The van der Waals surface area contributed by atoms with Crippen LogP contribution in [-0.2, 0) is 6.42 Å². The first-order valence-corrected chi connectivity index (χ1v) is 18.5. The molecular weight excluding hydrogens is 639 g/mol. The van der Waals surface area contributed by atoms with Gasteiger partial charge in [0, 0.05) is 93.3 Å². The number of nitrogens with one attached hydrogen (secondary N) is 2. The number of hydrogen-bond donors (Lipinski definition) is 2. The molecule has 0 bridgehead atoms. The summed E-state index contributed by atoms with van der Waals surface area (Å²) in [4.78, 5) is 26.5. The van der Waals surface area contributed by atoms with E-state index in [1.54, 1.807) is 19.5 Å². The fraction of sp³-hybridized carbons (Fsp3) is 0.486. The highest BCUT2D eigenvalue weighted by atomic mass is 32.2. The zero-order valence-corrected chi connectivity index (χ0v) is 30.4. The van der Waals surface area contributed by atoms with E-state index in [0.717, 1.165) is 58.7 Å². The fourth-order valence-corrected chi connectivity index (χ4v) is 8.10. The van der Waals surface area contributed by atoms with Gasteiger partial charge in [-0.25, -0.2) is 4.98 Å². The third-order valence-electron chi connectivity index (χ3n) is 9.72. The number of nitrogens with zero attached hydrogens (tertiary/aromatic N) is 8. The SMILES string of the molecule is CCc1cc(Nc2ncc(P)c(Nc3ccc4nccnc4c3N(C)SC3CC3)n2)c(OC)cc1N1CCC(N2CCN(C)CC2)CC1. The molecule has 4 heterocycles. The van der Waals surface area contributed by atoms with Crippen LogP contribution >= 0.6 is 21.2 Å². The highest BCUT2D eigenvalue weighted by molar-refractivity contribution is 8.01. The van der Waals surface area contributed by atoms with E-state index in [1.807, 2.05) is 24.2 Å². The van der Waals surface area contributed by atoms with Gasteiger partial charge in [0.15, 0.2) is 0 Å². The summed E-state index contributed by atoms with van der Waals surface area (Å²) >= 11 is 1.85. The van der Waals surface area contributed by atoms with Crippen molar-refractivity contribution in [3.63, 3.8) is 0 Å². The molecule has 2 aliphatic heterocycles. The van der Waals surface area contributed by atoms with Gasteiger partial charge in [-0.15, -0.1) is 0 Å². The summed E-state index contributed by atoms with van der Waals surface area (Å²) in [5, 5.41) is 8.57. The van der Waals surface area contributed by atoms with E-state index in [-0.39, 0.29) is 0 Å². The monoisotopic (exact) mass is 686 g/mol. The van der Waals surface area contributed by atoms with Crippen molar-refractivity contribution in [3.05, 3.63) is 48.4 Å². The normalized spacial score (nSPS) is 17.9. The van der Waals surface area contributed by atoms with Crippen molar-refractivity contribution in [2.45, 2.75) is 50.3 Å². The van der Waals surface area contributed by atoms with Crippen LogP contribution in [0.2, 0.25) is 0 Å². The molecule has 254 valence electrons. The van der Waals surface area contributed by atoms with Crippen molar-refractivity contribution in [1.29, 1.82) is 0 Å². The first-order chi connectivity index (χ1) is 23.4. The molecule has 7 rings (SSSR count). The van der Waals surface area contributed by atoms with Crippen LogP contribution in [0.25, 0.3) is 11.0 Å². The van der Waals surface area contributed by atoms with Gasteiger partial charge in [0.1, 0.15) is 17.1 Å². The summed E-state index contributed by atoms with van der Waals surface area (Å²) in [5.74, 6) is 1.97. The molecule has 2 saturated heterocycles. The minimum Gasteiger partial charge on any atom is -0.494 e. The Morgan fingerprint density at radius 1 is 0.958 bits per heavy atom. The third kappa shape index (κ3) is 7.27. The molecule has 0 radical (unpaired) electrons. The Morgan fingerprint density at radius 2 is 1.73 bits per heavy atom. The van der Waals surface area contributed by atoms with E-state index < -0.39 is 0 Å². The van der Waals surface area contributed by atoms with Crippen molar-refractivity contribution in [1.82, 2.24) is 29.7 Å². The topological polar surface area (TPSA) is 97.8 Å². The standard InChI is InChI=1S/C35H47N10OPS/c1-5-23-20-28(30(46-4)21-29(23)45-14-10-24(11-15-45)44-18-16-42(2)17-19-44)40-35-38-22-31(47)34(41-35)39-27-9-8-26-32(37-13-12-36-26)33(27)43(3)48-25-6-7-25/h8-9,12-13,20-22,24-25H,5-7,10-11,14-19,47H2,1-4H3,(H2,38,39,40,41). The number of rotatable bonds is 11. The maximum absolute atomic E-state index is 5.95. The van der Waals surface area contributed by atoms with Crippen LogP contribution in [0.3, 0.4) is 0 Å². The number of aromatic nitrogens is 4. The molecule has 4 aromatic rings. The lowest BCUT2D eigenvalue weighted by atomic mass is 9.99. The number of methoxy groups -OCH3 is 1. The molecule has 1 unspecified atom stereocenters. The lowest BCUT2D eigenvalue weighted by molar-refractivity contribution is 0.0982. The quantitative estimate of drug-likeness (QED) is 0.155. The van der Waals surface area contributed by atoms with E-state index in [4.69, 9.17) is 14.7 Å². The van der Waals surface area contributed by atoms with Crippen LogP contribution in [0.15, 0.2) is 42.9 Å². The zero-order valence-electron chi connectivity index (χ0n) is 28.4. The van der Waals surface area contributed by atoms with Crippen LogP contribution in [-0.4, -0.2) is 102 Å². The largest absolute Gasteiger partial charge is 0.494 e. The molecule has 1 atom stereocenters. The Kier molecular flexibility index (Phi) is 10.0. The van der Waals surface area contributed by atoms with Crippen molar-refractivity contribution in [2.24, 2.45) is 0 Å². The molecule has 1 aliphatic carbocycles. The fourth-order valence-electron chi connectivity index (χ4n) is 6.81. The number of benzene rings is 2. The van der Waals surface area contributed by atoms with Crippen LogP contribution in [0.4, 0.5) is 34.5 Å². The van der Waals surface area contributed by atoms with Crippen molar-refractivity contribution in [2.75, 3.05) is 80.3 Å². The summed E-state index contributed by atoms with van der Waals surface area (Å²) in [5.41, 5.74) is 7.03. The molecule has 3 fully saturated rings. The molecule has 2 aromatic heterocycles. The van der Waals surface area contributed by atoms with Gasteiger partial charge in [0.05, 0.1) is 29.7 Å². The summed E-state index contributed by atoms with van der Waals surface area (Å²) in [7, 11) is 8.81. The van der Waals surface area contributed by atoms with Gasteiger partial charge < -0.3 is 29.5 Å². The molecule has 48 heavy (non-hydrogen) atoms. The highest BCUT2D eigenvalue weighted by Crippen LogP contribution is 2.43. The number of fused-ring (bicyclic) bond motifs is 1. The first-order valence-electron chi connectivity index (χ1n) is 17.1. The molecule has 11 nitrogen and oxygen atoms in total. The van der Waals surface area contributed by atoms with E-state index in [1.165, 1.54) is 63.1 Å². The number of piperazine rings is 1. The lowest BCUT2D eigenvalue weighted by Gasteiger charge is -2.43. The maximum atomic E-state index is 5.95. The average molecular weight is 687 g/mol. The molecule has 2 N–H and O–H groups in total. The average Bonchev–Trinajstić information content (AvgIpc) is 3.93. The Bertz CT molecular complexity index is 1740. The van der Waals surface area contributed by atoms with E-state index in [9.17, 15) is 0 Å². The maximum Gasteiger partial charge on any atom is 0.229 e. The molecule has 1 saturated carbocycles. The predicted molar refractivity (Wildman–Crippen MR) is 203 cm³/mol. The number of aryl methyl sites for hydroxylation is 1. The van der Waals surface area contributed by atoms with Gasteiger partial charge in [-0.2, -0.15) is 4.98 Å². The van der Waals surface area contributed by atoms with E-state index >= 15 is 0 Å². The van der Waals surface area contributed by atoms with Gasteiger partial charge in [0.2, 0.25) is 5.95 Å². The van der Waals surface area contributed by atoms with Gasteiger partial charge in [-0.05, 0) is 74.9 Å². The van der Waals surface area contributed by atoms with Gasteiger partial charge in [-0.3, -0.25) is 14.9 Å². The molecule has 13 heteroatoms. The minimum atomic E-state index is 0.493. The Labute approximate surface area is 290 Å². The van der Waals surface area contributed by atoms with Gasteiger partial charge in [-0.1, -0.05) is 16.2 Å². The van der Waals surface area contributed by atoms with Crippen LogP contribution < -0.4 is 29.9 Å². The minimum absolute atomic E-state index is 0.493. The van der Waals surface area contributed by atoms with E-state index in [2.05, 4.69) is 88.1 Å². The Morgan fingerprint density at radius 3 is 2.46 bits per heavy atom. The van der Waals surface area contributed by atoms with Crippen molar-refractivity contribution < 1.29 is 4.74 Å². The van der Waals surface area contributed by atoms with Crippen LogP contribution in [0.5, 0.6) is 5.75 Å². The highest BCUT2D eigenvalue weighted by Gasteiger charge is 2.29. The number of piperidine rings is 1. The Balaban J connectivity index is 1.10. The van der Waals surface area contributed by atoms with Crippen LogP contribution in [0, 0.1) is 0 Å². The second-order valence-electron chi connectivity index (χ2n) is 13.0. The van der Waals surface area contributed by atoms with E-state index in [0.29, 0.717) is 23.1 Å². The molecule has 2 aromatic carbocycles. The van der Waals surface area contributed by atoms with Crippen molar-refractivity contribution >= 4 is 72.0 Å².